The lowest BCUT2D eigenvalue weighted by Gasteiger charge is -2.13. The van der Waals surface area contributed by atoms with Crippen molar-refractivity contribution >= 4 is 5.91 Å². The Morgan fingerprint density at radius 1 is 1.29 bits per heavy atom. The molecule has 0 aliphatic rings. The quantitative estimate of drug-likeness (QED) is 0.781. The highest BCUT2D eigenvalue weighted by Crippen LogP contribution is 2.15. The van der Waals surface area contributed by atoms with E-state index in [1.165, 1.54) is 23.0 Å². The molecule has 0 radical (unpaired) electrons. The van der Waals surface area contributed by atoms with Gasteiger partial charge in [0, 0.05) is 12.7 Å². The number of aromatic nitrogens is 4. The number of carbonyl (C=O) groups excluding carboxylic acids is 1. The van der Waals surface area contributed by atoms with Gasteiger partial charge in [0.25, 0.3) is 5.91 Å². The standard InChI is InChI=1S/C17H16FN5O/c1-12(13-2-4-15(18)5-3-13)9-20-17(24)14-8-16(11-19-10-14)23-7-6-21-22-23/h2-8,10-12H,9H2,1H3,(H,20,24)/t12-/m0/s1. The van der Waals surface area contributed by atoms with Crippen molar-refractivity contribution in [2.24, 2.45) is 0 Å². The molecule has 1 aromatic carbocycles. The van der Waals surface area contributed by atoms with Crippen LogP contribution < -0.4 is 5.32 Å². The molecule has 2 heterocycles. The van der Waals surface area contributed by atoms with Crippen LogP contribution in [0.3, 0.4) is 0 Å². The lowest BCUT2D eigenvalue weighted by molar-refractivity contribution is 0.0951. The molecule has 1 amide bonds. The van der Waals surface area contributed by atoms with E-state index in [1.807, 2.05) is 6.92 Å². The van der Waals surface area contributed by atoms with E-state index in [9.17, 15) is 9.18 Å². The third kappa shape index (κ3) is 3.62. The Labute approximate surface area is 138 Å². The predicted octanol–water partition coefficient (Wildman–Crippen LogP) is 2.33. The molecule has 2 aromatic heterocycles. The number of nitrogens with one attached hydrogen (secondary N) is 1. The molecule has 0 saturated heterocycles. The maximum atomic E-state index is 13.0. The Morgan fingerprint density at radius 2 is 2.08 bits per heavy atom. The van der Waals surface area contributed by atoms with Crippen molar-refractivity contribution in [1.29, 1.82) is 0 Å². The number of benzene rings is 1. The number of halogens is 1. The van der Waals surface area contributed by atoms with Crippen LogP contribution in [0.1, 0.15) is 28.8 Å². The van der Waals surface area contributed by atoms with Gasteiger partial charge in [0.05, 0.1) is 29.8 Å². The molecule has 24 heavy (non-hydrogen) atoms. The lowest BCUT2D eigenvalue weighted by Crippen LogP contribution is -2.27. The minimum atomic E-state index is -0.272. The molecule has 0 spiro atoms. The van der Waals surface area contributed by atoms with Crippen molar-refractivity contribution in [1.82, 2.24) is 25.3 Å². The SMILES string of the molecule is C[C@@H](CNC(=O)c1cncc(-n2ccnn2)c1)c1ccc(F)cc1. The summed E-state index contributed by atoms with van der Waals surface area (Å²) < 4.78 is 14.5. The fraction of sp³-hybridized carbons (Fsp3) is 0.176. The summed E-state index contributed by atoms with van der Waals surface area (Å²) in [6.45, 7) is 2.41. The summed E-state index contributed by atoms with van der Waals surface area (Å²) in [5.41, 5.74) is 2.06. The minimum absolute atomic E-state index is 0.0704. The van der Waals surface area contributed by atoms with Crippen LogP contribution in [0.4, 0.5) is 4.39 Å². The summed E-state index contributed by atoms with van der Waals surface area (Å²) in [5, 5.41) is 10.5. The van der Waals surface area contributed by atoms with Crippen molar-refractivity contribution in [3.05, 3.63) is 72.1 Å². The van der Waals surface area contributed by atoms with E-state index in [0.717, 1.165) is 5.56 Å². The zero-order chi connectivity index (χ0) is 16.9. The van der Waals surface area contributed by atoms with Gasteiger partial charge in [0.2, 0.25) is 0 Å². The van der Waals surface area contributed by atoms with Crippen LogP contribution in [0.2, 0.25) is 0 Å². The van der Waals surface area contributed by atoms with Gasteiger partial charge in [-0.15, -0.1) is 5.10 Å². The molecule has 0 unspecified atom stereocenters. The van der Waals surface area contributed by atoms with Gasteiger partial charge < -0.3 is 5.32 Å². The summed E-state index contributed by atoms with van der Waals surface area (Å²) in [6.07, 6.45) is 6.33. The van der Waals surface area contributed by atoms with Gasteiger partial charge in [-0.25, -0.2) is 9.07 Å². The normalized spacial score (nSPS) is 11.9. The summed E-state index contributed by atoms with van der Waals surface area (Å²) in [5.74, 6) is -0.426. The maximum absolute atomic E-state index is 13.0. The van der Waals surface area contributed by atoms with Crippen LogP contribution in [-0.4, -0.2) is 32.4 Å². The Hall–Kier alpha value is -3.09. The average Bonchev–Trinajstić information content (AvgIpc) is 3.15. The predicted molar refractivity (Wildman–Crippen MR) is 86.3 cm³/mol. The number of pyridine rings is 1. The monoisotopic (exact) mass is 325 g/mol. The van der Waals surface area contributed by atoms with Gasteiger partial charge in [0.15, 0.2) is 0 Å². The van der Waals surface area contributed by atoms with Crippen LogP contribution in [0.15, 0.2) is 55.1 Å². The van der Waals surface area contributed by atoms with E-state index < -0.39 is 0 Å². The first kappa shape index (κ1) is 15.8. The number of nitrogens with zero attached hydrogens (tertiary/aromatic N) is 4. The highest BCUT2D eigenvalue weighted by atomic mass is 19.1. The number of amides is 1. The smallest absolute Gasteiger partial charge is 0.252 e. The van der Waals surface area contributed by atoms with Gasteiger partial charge in [-0.2, -0.15) is 0 Å². The fourth-order valence-electron chi connectivity index (χ4n) is 2.28. The highest BCUT2D eigenvalue weighted by Gasteiger charge is 2.11. The Kier molecular flexibility index (Phi) is 4.60. The topological polar surface area (TPSA) is 72.7 Å². The molecular weight excluding hydrogens is 309 g/mol. The van der Waals surface area contributed by atoms with Crippen LogP contribution in [0.5, 0.6) is 0 Å². The lowest BCUT2D eigenvalue weighted by atomic mass is 10.0. The van der Waals surface area contributed by atoms with Crippen LogP contribution in [0, 0.1) is 5.82 Å². The molecule has 0 saturated carbocycles. The molecule has 3 aromatic rings. The first-order valence-corrected chi connectivity index (χ1v) is 7.49. The van der Waals surface area contributed by atoms with E-state index in [4.69, 9.17) is 0 Å². The second kappa shape index (κ2) is 6.99. The summed E-state index contributed by atoms with van der Waals surface area (Å²) in [7, 11) is 0. The Morgan fingerprint density at radius 3 is 2.79 bits per heavy atom. The molecule has 0 bridgehead atoms. The van der Waals surface area contributed by atoms with Crippen molar-refractivity contribution in [3.8, 4) is 5.69 Å². The third-order valence-electron chi connectivity index (χ3n) is 3.68. The van der Waals surface area contributed by atoms with Crippen molar-refractivity contribution in [2.75, 3.05) is 6.54 Å². The van der Waals surface area contributed by atoms with Gasteiger partial charge in [-0.3, -0.25) is 9.78 Å². The third-order valence-corrected chi connectivity index (χ3v) is 3.68. The van der Waals surface area contributed by atoms with Crippen LogP contribution in [-0.2, 0) is 0 Å². The van der Waals surface area contributed by atoms with Gasteiger partial charge in [-0.05, 0) is 29.7 Å². The molecule has 7 heteroatoms. The summed E-state index contributed by atoms with van der Waals surface area (Å²) in [6, 6.07) is 7.97. The van der Waals surface area contributed by atoms with Crippen molar-refractivity contribution in [2.45, 2.75) is 12.8 Å². The molecule has 6 nitrogen and oxygen atoms in total. The van der Waals surface area contributed by atoms with Crippen LogP contribution in [0.25, 0.3) is 5.69 Å². The molecule has 0 aliphatic heterocycles. The van der Waals surface area contributed by atoms with E-state index in [-0.39, 0.29) is 17.6 Å². The van der Waals surface area contributed by atoms with Crippen LogP contribution >= 0.6 is 0 Å². The van der Waals surface area contributed by atoms with Gasteiger partial charge in [0.1, 0.15) is 5.82 Å². The Bertz CT molecular complexity index is 817. The largest absolute Gasteiger partial charge is 0.351 e. The Balaban J connectivity index is 1.65. The highest BCUT2D eigenvalue weighted by molar-refractivity contribution is 5.94. The molecule has 0 fully saturated rings. The van der Waals surface area contributed by atoms with E-state index in [2.05, 4.69) is 20.6 Å². The van der Waals surface area contributed by atoms with E-state index in [1.54, 1.807) is 36.8 Å². The molecule has 1 atom stereocenters. The first-order chi connectivity index (χ1) is 11.6. The molecule has 122 valence electrons. The maximum Gasteiger partial charge on any atom is 0.252 e. The van der Waals surface area contributed by atoms with Crippen molar-refractivity contribution in [3.63, 3.8) is 0 Å². The molecule has 3 rings (SSSR count). The minimum Gasteiger partial charge on any atom is -0.351 e. The second-order valence-electron chi connectivity index (χ2n) is 5.44. The van der Waals surface area contributed by atoms with E-state index in [0.29, 0.717) is 17.8 Å². The average molecular weight is 325 g/mol. The van der Waals surface area contributed by atoms with Crippen molar-refractivity contribution < 1.29 is 9.18 Å². The zero-order valence-electron chi connectivity index (χ0n) is 13.1. The number of rotatable bonds is 5. The van der Waals surface area contributed by atoms with Gasteiger partial charge in [-0.1, -0.05) is 24.3 Å². The molecule has 0 aliphatic carbocycles. The number of hydrogen-bond acceptors (Lipinski definition) is 4. The van der Waals surface area contributed by atoms with E-state index >= 15 is 0 Å². The first-order valence-electron chi connectivity index (χ1n) is 7.49. The number of hydrogen-bond donors (Lipinski definition) is 1. The second-order valence-corrected chi connectivity index (χ2v) is 5.44. The summed E-state index contributed by atoms with van der Waals surface area (Å²) >= 11 is 0. The van der Waals surface area contributed by atoms with Gasteiger partial charge >= 0.3 is 0 Å². The zero-order valence-corrected chi connectivity index (χ0v) is 13.1. The molecular formula is C17H16FN5O. The fourth-order valence-corrected chi connectivity index (χ4v) is 2.28. The summed E-state index contributed by atoms with van der Waals surface area (Å²) in [4.78, 5) is 16.4. The number of carbonyl (C=O) groups is 1. The molecule has 1 N–H and O–H groups in total.